The van der Waals surface area contributed by atoms with Gasteiger partial charge in [-0.1, -0.05) is 30.7 Å². The highest BCUT2D eigenvalue weighted by Gasteiger charge is 2.29. The van der Waals surface area contributed by atoms with Crippen molar-refractivity contribution in [2.24, 2.45) is 0 Å². The Labute approximate surface area is 214 Å². The minimum Gasteiger partial charge on any atom is -0.486 e. The Balaban J connectivity index is 1.31. The van der Waals surface area contributed by atoms with Crippen LogP contribution in [0.15, 0.2) is 48.5 Å². The van der Waals surface area contributed by atoms with Gasteiger partial charge in [-0.2, -0.15) is 0 Å². The van der Waals surface area contributed by atoms with Crippen molar-refractivity contribution in [2.45, 2.75) is 45.4 Å². The van der Waals surface area contributed by atoms with Crippen LogP contribution in [0.1, 0.15) is 36.0 Å². The van der Waals surface area contributed by atoms with Crippen LogP contribution in [0.4, 0.5) is 8.78 Å². The Morgan fingerprint density at radius 3 is 2.65 bits per heavy atom. The monoisotopic (exact) mass is 509 g/mol. The minimum absolute atomic E-state index is 0.0384. The molecule has 6 nitrogen and oxygen atoms in total. The van der Waals surface area contributed by atoms with E-state index < -0.39 is 23.6 Å². The number of rotatable bonds is 7. The summed E-state index contributed by atoms with van der Waals surface area (Å²) in [7, 11) is 0. The van der Waals surface area contributed by atoms with E-state index in [0.29, 0.717) is 37.7 Å². The second kappa shape index (κ2) is 10.8. The summed E-state index contributed by atoms with van der Waals surface area (Å²) in [5, 5.41) is 9.46. The number of hydrogen-bond acceptors (Lipinski definition) is 5. The van der Waals surface area contributed by atoms with Gasteiger partial charge in [0.05, 0.1) is 0 Å². The molecule has 8 heteroatoms. The average Bonchev–Trinajstić information content (AvgIpc) is 2.90. The zero-order valence-electron chi connectivity index (χ0n) is 20.6. The summed E-state index contributed by atoms with van der Waals surface area (Å²) in [4.78, 5) is 13.2. The molecule has 0 aliphatic carbocycles. The molecule has 194 valence electrons. The molecule has 2 heterocycles. The molecule has 5 rings (SSSR count). The predicted molar refractivity (Wildman–Crippen MR) is 134 cm³/mol. The number of nitrogens with zero attached hydrogens (tertiary/aromatic N) is 1. The third kappa shape index (κ3) is 5.39. The lowest BCUT2D eigenvalue weighted by Crippen LogP contribution is -2.44. The number of carboxylic acid groups (broad SMARTS) is 1. The van der Waals surface area contributed by atoms with Gasteiger partial charge in [-0.05, 0) is 66.8 Å². The van der Waals surface area contributed by atoms with E-state index in [0.717, 1.165) is 47.2 Å². The molecule has 0 radical (unpaired) electrons. The van der Waals surface area contributed by atoms with Gasteiger partial charge in [0, 0.05) is 18.2 Å². The van der Waals surface area contributed by atoms with Crippen molar-refractivity contribution in [1.29, 1.82) is 0 Å². The predicted octanol–water partition coefficient (Wildman–Crippen LogP) is 5.73. The summed E-state index contributed by atoms with van der Waals surface area (Å²) >= 11 is 0. The van der Waals surface area contributed by atoms with Crippen LogP contribution in [0.5, 0.6) is 17.2 Å². The van der Waals surface area contributed by atoms with Crippen LogP contribution in [0.25, 0.3) is 11.1 Å². The minimum atomic E-state index is -0.936. The molecule has 1 fully saturated rings. The van der Waals surface area contributed by atoms with Gasteiger partial charge in [-0.25, -0.2) is 8.78 Å². The Bertz CT molecular complexity index is 1310. The molecule has 37 heavy (non-hydrogen) atoms. The number of hydrogen-bond donors (Lipinski definition) is 1. The summed E-state index contributed by atoms with van der Waals surface area (Å²) in [6.45, 7) is 3.63. The lowest BCUT2D eigenvalue weighted by Gasteiger charge is -2.32. The van der Waals surface area contributed by atoms with Crippen LogP contribution in [0, 0.1) is 18.6 Å². The molecule has 0 spiro atoms. The molecule has 3 aromatic carbocycles. The summed E-state index contributed by atoms with van der Waals surface area (Å²) < 4.78 is 46.8. The molecule has 3 aromatic rings. The third-order valence-electron chi connectivity index (χ3n) is 7.06. The number of likely N-dealkylation sites (tertiary alicyclic amines) is 1. The molecule has 1 unspecified atom stereocenters. The fourth-order valence-corrected chi connectivity index (χ4v) is 5.00. The number of ether oxygens (including phenoxy) is 3. The molecule has 2 aliphatic heterocycles. The lowest BCUT2D eigenvalue weighted by atomic mass is 9.96. The first kappa shape index (κ1) is 25.0. The van der Waals surface area contributed by atoms with E-state index in [1.165, 1.54) is 0 Å². The Kier molecular flexibility index (Phi) is 7.28. The third-order valence-corrected chi connectivity index (χ3v) is 7.06. The van der Waals surface area contributed by atoms with Crippen LogP contribution in [0.3, 0.4) is 0 Å². The van der Waals surface area contributed by atoms with Crippen LogP contribution in [-0.4, -0.2) is 41.8 Å². The van der Waals surface area contributed by atoms with Gasteiger partial charge < -0.3 is 19.3 Å². The van der Waals surface area contributed by atoms with Gasteiger partial charge in [0.25, 0.3) is 0 Å². The highest BCUT2D eigenvalue weighted by atomic mass is 19.1. The van der Waals surface area contributed by atoms with Crippen molar-refractivity contribution in [3.63, 3.8) is 0 Å². The maximum atomic E-state index is 14.9. The van der Waals surface area contributed by atoms with E-state index in [9.17, 15) is 18.7 Å². The van der Waals surface area contributed by atoms with Crippen LogP contribution in [0.2, 0.25) is 0 Å². The summed E-state index contributed by atoms with van der Waals surface area (Å²) in [5.41, 5.74) is 3.86. The van der Waals surface area contributed by atoms with Crippen molar-refractivity contribution in [1.82, 2.24) is 4.90 Å². The van der Waals surface area contributed by atoms with E-state index in [2.05, 4.69) is 0 Å². The zero-order chi connectivity index (χ0) is 25.9. The molecule has 1 saturated heterocycles. The quantitative estimate of drug-likeness (QED) is 0.439. The Morgan fingerprint density at radius 1 is 1.03 bits per heavy atom. The van der Waals surface area contributed by atoms with Crippen molar-refractivity contribution >= 4 is 5.97 Å². The number of fused-ring (bicyclic) bond motifs is 1. The van der Waals surface area contributed by atoms with Crippen molar-refractivity contribution in [2.75, 3.05) is 19.8 Å². The number of carboxylic acids is 1. The SMILES string of the molecule is Cc1c(COc2cc(F)c(CN3CCCCC3C(=O)O)cc2F)cccc1-c1ccc2c(c1)OCCO2. The molecule has 1 atom stereocenters. The number of benzene rings is 3. The normalized spacial score (nSPS) is 17.4. The van der Waals surface area contributed by atoms with Crippen LogP contribution < -0.4 is 14.2 Å². The van der Waals surface area contributed by atoms with E-state index in [4.69, 9.17) is 14.2 Å². The highest BCUT2D eigenvalue weighted by molar-refractivity contribution is 5.73. The van der Waals surface area contributed by atoms with E-state index in [1.807, 2.05) is 43.3 Å². The number of piperidine rings is 1. The van der Waals surface area contributed by atoms with Gasteiger partial charge in [-0.3, -0.25) is 9.69 Å². The van der Waals surface area contributed by atoms with Gasteiger partial charge in [-0.15, -0.1) is 0 Å². The van der Waals surface area contributed by atoms with E-state index in [-0.39, 0.29) is 24.5 Å². The fraction of sp³-hybridized carbons (Fsp3) is 0.345. The molecule has 0 amide bonds. The zero-order valence-corrected chi connectivity index (χ0v) is 20.6. The average molecular weight is 510 g/mol. The first-order valence-electron chi connectivity index (χ1n) is 12.5. The summed E-state index contributed by atoms with van der Waals surface area (Å²) in [5.74, 6) is -1.00. The fourth-order valence-electron chi connectivity index (χ4n) is 5.00. The van der Waals surface area contributed by atoms with Crippen molar-refractivity contribution in [3.05, 3.63) is 76.9 Å². The Morgan fingerprint density at radius 2 is 1.84 bits per heavy atom. The van der Waals surface area contributed by atoms with Gasteiger partial charge >= 0.3 is 5.97 Å². The number of aliphatic carboxylic acids is 1. The van der Waals surface area contributed by atoms with Crippen LogP contribution >= 0.6 is 0 Å². The van der Waals surface area contributed by atoms with E-state index >= 15 is 0 Å². The van der Waals surface area contributed by atoms with Gasteiger partial charge in [0.1, 0.15) is 31.7 Å². The molecule has 0 saturated carbocycles. The second-order valence-corrected chi connectivity index (χ2v) is 9.43. The molecular formula is C29H29F2NO5. The first-order chi connectivity index (χ1) is 17.9. The molecule has 0 bridgehead atoms. The van der Waals surface area contributed by atoms with E-state index in [1.54, 1.807) is 4.90 Å². The van der Waals surface area contributed by atoms with Crippen molar-refractivity contribution < 1.29 is 32.9 Å². The maximum Gasteiger partial charge on any atom is 0.320 e. The largest absolute Gasteiger partial charge is 0.486 e. The maximum absolute atomic E-state index is 14.9. The molecular weight excluding hydrogens is 480 g/mol. The highest BCUT2D eigenvalue weighted by Crippen LogP contribution is 2.36. The number of carbonyl (C=O) groups is 1. The van der Waals surface area contributed by atoms with Gasteiger partial charge in [0.15, 0.2) is 23.1 Å². The van der Waals surface area contributed by atoms with Crippen LogP contribution in [-0.2, 0) is 17.9 Å². The summed E-state index contributed by atoms with van der Waals surface area (Å²) in [6.07, 6.45) is 2.15. The smallest absolute Gasteiger partial charge is 0.320 e. The lowest BCUT2D eigenvalue weighted by molar-refractivity contribution is -0.144. The first-order valence-corrected chi connectivity index (χ1v) is 12.5. The number of halogens is 2. The molecule has 1 N–H and O–H groups in total. The van der Waals surface area contributed by atoms with Gasteiger partial charge in [0.2, 0.25) is 0 Å². The Hall–Kier alpha value is -3.65. The topological polar surface area (TPSA) is 68.2 Å². The summed E-state index contributed by atoms with van der Waals surface area (Å²) in [6, 6.07) is 13.0. The second-order valence-electron chi connectivity index (χ2n) is 9.43. The van der Waals surface area contributed by atoms with Crippen molar-refractivity contribution in [3.8, 4) is 28.4 Å². The molecule has 2 aliphatic rings. The standard InChI is InChI=1S/C29H29F2NO5/c1-18-20(5-4-6-22(18)19-8-9-26-28(14-19)36-12-11-35-26)17-37-27-15-23(30)21(13-24(27)31)16-32-10-3-2-7-25(32)29(33)34/h4-6,8-9,13-15,25H,2-3,7,10-12,16-17H2,1H3,(H,33,34). The molecule has 0 aromatic heterocycles.